The standard InChI is InChI=1S/C15H19N3OS/c1-11(2)17-14(19)10-20-15-16-8-9-18(15)13-7-5-4-6-12(13)3/h4-9,11H,10H2,1-3H3,(H,17,19). The van der Waals surface area contributed by atoms with Crippen LogP contribution in [0.25, 0.3) is 5.69 Å². The van der Waals surface area contributed by atoms with Crippen molar-refractivity contribution in [2.24, 2.45) is 0 Å². The molecule has 0 unspecified atom stereocenters. The van der Waals surface area contributed by atoms with Crippen molar-refractivity contribution in [3.63, 3.8) is 0 Å². The maximum Gasteiger partial charge on any atom is 0.230 e. The van der Waals surface area contributed by atoms with Crippen molar-refractivity contribution in [2.75, 3.05) is 5.75 Å². The smallest absolute Gasteiger partial charge is 0.230 e. The average molecular weight is 289 g/mol. The summed E-state index contributed by atoms with van der Waals surface area (Å²) >= 11 is 1.45. The molecule has 0 radical (unpaired) electrons. The van der Waals surface area contributed by atoms with Crippen LogP contribution >= 0.6 is 11.8 Å². The minimum atomic E-state index is 0.0318. The summed E-state index contributed by atoms with van der Waals surface area (Å²) in [6, 6.07) is 8.30. The molecule has 0 bridgehead atoms. The Morgan fingerprint density at radius 2 is 2.15 bits per heavy atom. The van der Waals surface area contributed by atoms with Crippen molar-refractivity contribution >= 4 is 17.7 Å². The number of rotatable bonds is 5. The lowest BCUT2D eigenvalue weighted by Crippen LogP contribution is -2.31. The van der Waals surface area contributed by atoms with E-state index in [1.807, 2.05) is 36.7 Å². The van der Waals surface area contributed by atoms with Gasteiger partial charge in [0.15, 0.2) is 5.16 Å². The minimum Gasteiger partial charge on any atom is -0.353 e. The summed E-state index contributed by atoms with van der Waals surface area (Å²) in [7, 11) is 0. The molecule has 5 heteroatoms. The van der Waals surface area contributed by atoms with Gasteiger partial charge in [-0.2, -0.15) is 0 Å². The summed E-state index contributed by atoms with van der Waals surface area (Å²) in [6.45, 7) is 5.98. The van der Waals surface area contributed by atoms with Crippen LogP contribution in [0.2, 0.25) is 0 Å². The van der Waals surface area contributed by atoms with Gasteiger partial charge in [0.2, 0.25) is 5.91 Å². The van der Waals surface area contributed by atoms with Crippen LogP contribution in [-0.2, 0) is 4.79 Å². The van der Waals surface area contributed by atoms with E-state index in [4.69, 9.17) is 0 Å². The van der Waals surface area contributed by atoms with Crippen LogP contribution in [0, 0.1) is 6.92 Å². The van der Waals surface area contributed by atoms with Gasteiger partial charge < -0.3 is 5.32 Å². The number of aryl methyl sites for hydroxylation is 1. The Morgan fingerprint density at radius 3 is 2.85 bits per heavy atom. The molecule has 0 saturated heterocycles. The summed E-state index contributed by atoms with van der Waals surface area (Å²) in [5, 5.41) is 3.71. The zero-order valence-electron chi connectivity index (χ0n) is 12.0. The molecular weight excluding hydrogens is 270 g/mol. The fourth-order valence-corrected chi connectivity index (χ4v) is 2.68. The number of benzene rings is 1. The Hall–Kier alpha value is -1.75. The predicted molar refractivity (Wildman–Crippen MR) is 82.3 cm³/mol. The number of hydrogen-bond acceptors (Lipinski definition) is 3. The number of carbonyl (C=O) groups is 1. The first kappa shape index (κ1) is 14.7. The number of amides is 1. The lowest BCUT2D eigenvalue weighted by molar-refractivity contribution is -0.119. The quantitative estimate of drug-likeness (QED) is 0.861. The third-order valence-corrected chi connectivity index (χ3v) is 3.73. The van der Waals surface area contributed by atoms with Crippen molar-refractivity contribution in [1.82, 2.24) is 14.9 Å². The highest BCUT2D eigenvalue weighted by molar-refractivity contribution is 7.99. The van der Waals surface area contributed by atoms with E-state index in [1.54, 1.807) is 6.20 Å². The molecule has 0 spiro atoms. The van der Waals surface area contributed by atoms with E-state index in [0.717, 1.165) is 10.8 Å². The summed E-state index contributed by atoms with van der Waals surface area (Å²) in [4.78, 5) is 16.0. The molecule has 0 aliphatic heterocycles. The van der Waals surface area contributed by atoms with Crippen LogP contribution in [0.5, 0.6) is 0 Å². The van der Waals surface area contributed by atoms with E-state index in [2.05, 4.69) is 29.4 Å². The van der Waals surface area contributed by atoms with Gasteiger partial charge in [-0.1, -0.05) is 30.0 Å². The fraction of sp³-hybridized carbons (Fsp3) is 0.333. The summed E-state index contributed by atoms with van der Waals surface area (Å²) < 4.78 is 2.02. The zero-order valence-corrected chi connectivity index (χ0v) is 12.8. The van der Waals surface area contributed by atoms with Gasteiger partial charge in [0, 0.05) is 18.4 Å². The van der Waals surface area contributed by atoms with Crippen LogP contribution in [0.1, 0.15) is 19.4 Å². The first-order chi connectivity index (χ1) is 9.58. The Balaban J connectivity index is 2.10. The largest absolute Gasteiger partial charge is 0.353 e. The molecule has 4 nitrogen and oxygen atoms in total. The Bertz CT molecular complexity index is 592. The molecule has 0 fully saturated rings. The van der Waals surface area contributed by atoms with E-state index >= 15 is 0 Å². The number of thioether (sulfide) groups is 1. The second-order valence-corrected chi connectivity index (χ2v) is 5.82. The van der Waals surface area contributed by atoms with Crippen molar-refractivity contribution < 1.29 is 4.79 Å². The number of nitrogens with zero attached hydrogens (tertiary/aromatic N) is 2. The highest BCUT2D eigenvalue weighted by Gasteiger charge is 2.10. The lowest BCUT2D eigenvalue weighted by atomic mass is 10.2. The van der Waals surface area contributed by atoms with Crippen LogP contribution < -0.4 is 5.32 Å². The summed E-state index contributed by atoms with van der Waals surface area (Å²) in [6.07, 6.45) is 3.68. The molecule has 1 heterocycles. The monoisotopic (exact) mass is 289 g/mol. The van der Waals surface area contributed by atoms with Gasteiger partial charge >= 0.3 is 0 Å². The van der Waals surface area contributed by atoms with Crippen molar-refractivity contribution in [3.8, 4) is 5.69 Å². The first-order valence-corrected chi connectivity index (χ1v) is 7.58. The van der Waals surface area contributed by atoms with E-state index in [1.165, 1.54) is 17.3 Å². The van der Waals surface area contributed by atoms with Gasteiger partial charge in [-0.15, -0.1) is 0 Å². The van der Waals surface area contributed by atoms with Crippen molar-refractivity contribution in [3.05, 3.63) is 42.2 Å². The van der Waals surface area contributed by atoms with E-state index in [-0.39, 0.29) is 11.9 Å². The topological polar surface area (TPSA) is 46.9 Å². The second-order valence-electron chi connectivity index (χ2n) is 4.88. The highest BCUT2D eigenvalue weighted by Crippen LogP contribution is 2.22. The maximum atomic E-state index is 11.7. The molecule has 0 aliphatic rings. The number of para-hydroxylation sites is 1. The molecule has 1 aromatic heterocycles. The third-order valence-electron chi connectivity index (χ3n) is 2.76. The van der Waals surface area contributed by atoms with E-state index in [0.29, 0.717) is 5.75 Å². The lowest BCUT2D eigenvalue weighted by Gasteiger charge is -2.11. The summed E-state index contributed by atoms with van der Waals surface area (Å²) in [5.74, 6) is 0.408. The molecule has 106 valence electrons. The van der Waals surface area contributed by atoms with Crippen LogP contribution in [0.15, 0.2) is 41.8 Å². The third kappa shape index (κ3) is 3.63. The fourth-order valence-electron chi connectivity index (χ4n) is 1.91. The average Bonchev–Trinajstić information content (AvgIpc) is 2.84. The molecule has 0 aliphatic carbocycles. The first-order valence-electron chi connectivity index (χ1n) is 6.59. The molecule has 0 atom stereocenters. The molecule has 20 heavy (non-hydrogen) atoms. The number of nitrogens with one attached hydrogen (secondary N) is 1. The maximum absolute atomic E-state index is 11.7. The van der Waals surface area contributed by atoms with Gasteiger partial charge in [0.05, 0.1) is 11.4 Å². The van der Waals surface area contributed by atoms with Gasteiger partial charge in [0.1, 0.15) is 0 Å². The van der Waals surface area contributed by atoms with Crippen LogP contribution in [-0.4, -0.2) is 27.3 Å². The number of imidazole rings is 1. The summed E-state index contributed by atoms with van der Waals surface area (Å²) in [5.41, 5.74) is 2.27. The number of aromatic nitrogens is 2. The molecule has 2 rings (SSSR count). The molecule has 1 amide bonds. The van der Waals surface area contributed by atoms with Gasteiger partial charge in [-0.3, -0.25) is 9.36 Å². The van der Waals surface area contributed by atoms with Crippen LogP contribution in [0.4, 0.5) is 0 Å². The Kier molecular flexibility index (Phi) is 4.84. The molecule has 1 N–H and O–H groups in total. The Morgan fingerprint density at radius 1 is 1.40 bits per heavy atom. The zero-order chi connectivity index (χ0) is 14.5. The van der Waals surface area contributed by atoms with Crippen LogP contribution in [0.3, 0.4) is 0 Å². The van der Waals surface area contributed by atoms with Crippen molar-refractivity contribution in [1.29, 1.82) is 0 Å². The minimum absolute atomic E-state index is 0.0318. The molecular formula is C15H19N3OS. The second kappa shape index (κ2) is 6.61. The molecule has 0 saturated carbocycles. The molecule has 2 aromatic rings. The van der Waals surface area contributed by atoms with Gasteiger partial charge in [-0.25, -0.2) is 4.98 Å². The Labute approximate surface area is 123 Å². The van der Waals surface area contributed by atoms with Crippen molar-refractivity contribution in [2.45, 2.75) is 32.0 Å². The normalized spacial score (nSPS) is 10.8. The molecule has 1 aromatic carbocycles. The highest BCUT2D eigenvalue weighted by atomic mass is 32.2. The van der Waals surface area contributed by atoms with Gasteiger partial charge in [-0.05, 0) is 32.4 Å². The number of hydrogen-bond donors (Lipinski definition) is 1. The van der Waals surface area contributed by atoms with Gasteiger partial charge in [0.25, 0.3) is 0 Å². The predicted octanol–water partition coefficient (Wildman–Crippen LogP) is 2.80. The number of carbonyl (C=O) groups excluding carboxylic acids is 1. The van der Waals surface area contributed by atoms with E-state index < -0.39 is 0 Å². The SMILES string of the molecule is Cc1ccccc1-n1ccnc1SCC(=O)NC(C)C. The van der Waals surface area contributed by atoms with E-state index in [9.17, 15) is 4.79 Å².